The molecule has 3 heteroatoms. The summed E-state index contributed by atoms with van der Waals surface area (Å²) in [7, 11) is 1.78. The minimum Gasteiger partial charge on any atom is -0.383 e. The smallest absolute Gasteiger partial charge is 0.0589 e. The van der Waals surface area contributed by atoms with E-state index >= 15 is 0 Å². The molecule has 84 valence electrons. The Balaban J connectivity index is 2.19. The van der Waals surface area contributed by atoms with Crippen LogP contribution in [0.3, 0.4) is 0 Å². The summed E-state index contributed by atoms with van der Waals surface area (Å²) in [5.74, 6) is 0. The van der Waals surface area contributed by atoms with Crippen LogP contribution in [0.5, 0.6) is 0 Å². The van der Waals surface area contributed by atoms with E-state index in [1.54, 1.807) is 7.11 Å². The molecular weight excluding hydrogens is 176 g/mol. The van der Waals surface area contributed by atoms with Crippen LogP contribution in [0.4, 0.5) is 0 Å². The van der Waals surface area contributed by atoms with Gasteiger partial charge in [0.05, 0.1) is 6.61 Å². The minimum atomic E-state index is 0.869. The summed E-state index contributed by atoms with van der Waals surface area (Å²) in [5, 5.41) is 0. The van der Waals surface area contributed by atoms with Crippen LogP contribution in [0.25, 0.3) is 0 Å². The monoisotopic (exact) mass is 200 g/mol. The van der Waals surface area contributed by atoms with Gasteiger partial charge in [-0.1, -0.05) is 6.92 Å². The zero-order valence-corrected chi connectivity index (χ0v) is 9.67. The van der Waals surface area contributed by atoms with Crippen LogP contribution < -0.4 is 0 Å². The maximum atomic E-state index is 5.10. The molecule has 0 radical (unpaired) electrons. The predicted molar refractivity (Wildman–Crippen MR) is 59.7 cm³/mol. The van der Waals surface area contributed by atoms with E-state index in [9.17, 15) is 0 Å². The van der Waals surface area contributed by atoms with E-state index < -0.39 is 0 Å². The molecular formula is C11H24N2O. The Labute approximate surface area is 88.0 Å². The van der Waals surface area contributed by atoms with Gasteiger partial charge in [0.1, 0.15) is 0 Å². The van der Waals surface area contributed by atoms with E-state index in [1.165, 1.54) is 45.6 Å². The quantitative estimate of drug-likeness (QED) is 0.660. The number of rotatable bonds is 5. The topological polar surface area (TPSA) is 15.7 Å². The van der Waals surface area contributed by atoms with Crippen molar-refractivity contribution in [2.45, 2.75) is 19.8 Å². The number of nitrogens with zero attached hydrogens (tertiary/aromatic N) is 2. The van der Waals surface area contributed by atoms with Crippen LogP contribution in [0.15, 0.2) is 0 Å². The van der Waals surface area contributed by atoms with Gasteiger partial charge in [-0.15, -0.1) is 0 Å². The molecule has 0 saturated carbocycles. The van der Waals surface area contributed by atoms with Crippen LogP contribution in [-0.2, 0) is 4.74 Å². The van der Waals surface area contributed by atoms with Crippen LogP contribution in [-0.4, -0.2) is 62.8 Å². The zero-order valence-electron chi connectivity index (χ0n) is 9.67. The standard InChI is InChI=1S/C11H24N2O/c1-3-5-12-6-4-7-13(9-8-12)10-11-14-2/h3-11H2,1-2H3. The summed E-state index contributed by atoms with van der Waals surface area (Å²) < 4.78 is 5.10. The molecule has 0 N–H and O–H groups in total. The highest BCUT2D eigenvalue weighted by Gasteiger charge is 2.13. The van der Waals surface area contributed by atoms with Gasteiger partial charge >= 0.3 is 0 Å². The predicted octanol–water partition coefficient (Wildman–Crippen LogP) is 1.05. The van der Waals surface area contributed by atoms with Crippen LogP contribution in [0.1, 0.15) is 19.8 Å². The van der Waals surface area contributed by atoms with Crippen molar-refractivity contribution in [2.24, 2.45) is 0 Å². The maximum absolute atomic E-state index is 5.10. The average molecular weight is 200 g/mol. The molecule has 1 aliphatic rings. The van der Waals surface area contributed by atoms with E-state index in [0.717, 1.165) is 13.2 Å². The fraction of sp³-hybridized carbons (Fsp3) is 1.00. The Morgan fingerprint density at radius 3 is 2.21 bits per heavy atom. The molecule has 1 heterocycles. The second-order valence-corrected chi connectivity index (χ2v) is 4.03. The van der Waals surface area contributed by atoms with Crippen molar-refractivity contribution in [1.29, 1.82) is 0 Å². The van der Waals surface area contributed by atoms with E-state index in [2.05, 4.69) is 16.7 Å². The van der Waals surface area contributed by atoms with Gasteiger partial charge < -0.3 is 9.64 Å². The molecule has 0 spiro atoms. The summed E-state index contributed by atoms with van der Waals surface area (Å²) in [4.78, 5) is 5.09. The summed E-state index contributed by atoms with van der Waals surface area (Å²) >= 11 is 0. The number of ether oxygens (including phenoxy) is 1. The Bertz CT molecular complexity index is 141. The molecule has 3 nitrogen and oxygen atoms in total. The lowest BCUT2D eigenvalue weighted by molar-refractivity contribution is 0.149. The molecule has 14 heavy (non-hydrogen) atoms. The molecule has 1 fully saturated rings. The average Bonchev–Trinajstić information content (AvgIpc) is 2.41. The molecule has 0 aromatic rings. The molecule has 0 aromatic carbocycles. The van der Waals surface area contributed by atoms with E-state index in [4.69, 9.17) is 4.74 Å². The van der Waals surface area contributed by atoms with Crippen molar-refractivity contribution < 1.29 is 4.74 Å². The third-order valence-electron chi connectivity index (χ3n) is 2.83. The van der Waals surface area contributed by atoms with Crippen molar-refractivity contribution in [3.05, 3.63) is 0 Å². The van der Waals surface area contributed by atoms with Crippen molar-refractivity contribution in [2.75, 3.05) is 53.0 Å². The first-order chi connectivity index (χ1) is 6.86. The van der Waals surface area contributed by atoms with Crippen molar-refractivity contribution in [3.63, 3.8) is 0 Å². The highest BCUT2D eigenvalue weighted by Crippen LogP contribution is 2.03. The van der Waals surface area contributed by atoms with E-state index in [0.29, 0.717) is 0 Å². The number of methoxy groups -OCH3 is 1. The van der Waals surface area contributed by atoms with Gasteiger partial charge in [0.2, 0.25) is 0 Å². The van der Waals surface area contributed by atoms with Gasteiger partial charge in [-0.25, -0.2) is 0 Å². The minimum absolute atomic E-state index is 0.869. The lowest BCUT2D eigenvalue weighted by Crippen LogP contribution is -2.33. The molecule has 0 amide bonds. The highest BCUT2D eigenvalue weighted by molar-refractivity contribution is 4.68. The summed E-state index contributed by atoms with van der Waals surface area (Å²) in [6, 6.07) is 0. The molecule has 0 bridgehead atoms. The number of hydrogen-bond donors (Lipinski definition) is 0. The van der Waals surface area contributed by atoms with Crippen LogP contribution >= 0.6 is 0 Å². The Morgan fingerprint density at radius 2 is 1.64 bits per heavy atom. The highest BCUT2D eigenvalue weighted by atomic mass is 16.5. The van der Waals surface area contributed by atoms with Gasteiger partial charge in [-0.2, -0.15) is 0 Å². The molecule has 0 aromatic heterocycles. The van der Waals surface area contributed by atoms with Crippen molar-refractivity contribution in [3.8, 4) is 0 Å². The first kappa shape index (κ1) is 12.0. The van der Waals surface area contributed by atoms with Gasteiger partial charge in [0.25, 0.3) is 0 Å². The first-order valence-corrected chi connectivity index (χ1v) is 5.80. The van der Waals surface area contributed by atoms with E-state index in [1.807, 2.05) is 0 Å². The Hall–Kier alpha value is -0.120. The second-order valence-electron chi connectivity index (χ2n) is 4.03. The van der Waals surface area contributed by atoms with Crippen molar-refractivity contribution in [1.82, 2.24) is 9.80 Å². The van der Waals surface area contributed by atoms with Gasteiger partial charge in [0, 0.05) is 26.7 Å². The van der Waals surface area contributed by atoms with Crippen LogP contribution in [0, 0.1) is 0 Å². The van der Waals surface area contributed by atoms with Crippen molar-refractivity contribution >= 4 is 0 Å². The van der Waals surface area contributed by atoms with Crippen LogP contribution in [0.2, 0.25) is 0 Å². The van der Waals surface area contributed by atoms with Gasteiger partial charge in [-0.3, -0.25) is 4.90 Å². The molecule has 1 saturated heterocycles. The van der Waals surface area contributed by atoms with E-state index in [-0.39, 0.29) is 0 Å². The second kappa shape index (κ2) is 7.21. The lowest BCUT2D eigenvalue weighted by Gasteiger charge is -2.20. The summed E-state index contributed by atoms with van der Waals surface area (Å²) in [6.45, 7) is 10.4. The Morgan fingerprint density at radius 1 is 1.00 bits per heavy atom. The maximum Gasteiger partial charge on any atom is 0.0589 e. The first-order valence-electron chi connectivity index (χ1n) is 5.80. The third-order valence-corrected chi connectivity index (χ3v) is 2.83. The fourth-order valence-electron chi connectivity index (χ4n) is 2.01. The summed E-state index contributed by atoms with van der Waals surface area (Å²) in [5.41, 5.74) is 0. The zero-order chi connectivity index (χ0) is 10.2. The third kappa shape index (κ3) is 4.40. The molecule has 1 rings (SSSR count). The molecule has 0 unspecified atom stereocenters. The molecule has 1 aliphatic heterocycles. The summed E-state index contributed by atoms with van der Waals surface area (Å²) in [6.07, 6.45) is 2.59. The normalized spacial score (nSPS) is 21.0. The fourth-order valence-corrected chi connectivity index (χ4v) is 2.01. The van der Waals surface area contributed by atoms with Gasteiger partial charge in [0.15, 0.2) is 0 Å². The molecule has 0 atom stereocenters. The Kier molecular flexibility index (Phi) is 6.15. The SMILES string of the molecule is CCCN1CCCN(CCOC)CC1. The van der Waals surface area contributed by atoms with Gasteiger partial charge in [-0.05, 0) is 32.5 Å². The number of hydrogen-bond acceptors (Lipinski definition) is 3. The molecule has 0 aliphatic carbocycles. The lowest BCUT2D eigenvalue weighted by atomic mass is 10.3. The largest absolute Gasteiger partial charge is 0.383 e.